The lowest BCUT2D eigenvalue weighted by Crippen LogP contribution is -2.35. The lowest BCUT2D eigenvalue weighted by Gasteiger charge is -2.26. The van der Waals surface area contributed by atoms with Crippen LogP contribution in [0.15, 0.2) is 72.9 Å². The fraction of sp³-hybridized carbons (Fsp3) is 0.512. The molecule has 2 aliphatic rings. The number of benzene rings is 2. The molecule has 1 saturated carbocycles. The SMILES string of the molecule is CC(=O)NC1CCC(C)CC1.CC(=O)c1cc(F)cnc1C.CC(C)=O.CC1CCSCC1.c1ccc(CCNCc2ccccc2)cc1. The first kappa shape index (κ1) is 43.7. The van der Waals surface area contributed by atoms with Crippen LogP contribution in [0.5, 0.6) is 0 Å². The minimum Gasteiger partial charge on any atom is -0.354 e. The van der Waals surface area contributed by atoms with Gasteiger partial charge in [-0.2, -0.15) is 11.8 Å². The molecule has 6 nitrogen and oxygen atoms in total. The predicted molar refractivity (Wildman–Crippen MR) is 205 cm³/mol. The number of carbonyl (C=O) groups excluding carboxylic acids is 3. The van der Waals surface area contributed by atoms with Gasteiger partial charge in [-0.1, -0.05) is 74.5 Å². The molecule has 0 spiro atoms. The molecule has 270 valence electrons. The van der Waals surface area contributed by atoms with Crippen LogP contribution in [0.25, 0.3) is 0 Å². The second-order valence-electron chi connectivity index (χ2n) is 13.1. The third-order valence-electron chi connectivity index (χ3n) is 7.97. The van der Waals surface area contributed by atoms with Gasteiger partial charge in [-0.3, -0.25) is 14.6 Å². The van der Waals surface area contributed by atoms with Crippen LogP contribution in [0.4, 0.5) is 4.39 Å². The zero-order valence-corrected chi connectivity index (χ0v) is 31.7. The molecular weight excluding hydrogens is 634 g/mol. The molecule has 2 heterocycles. The maximum atomic E-state index is 12.5. The molecule has 0 atom stereocenters. The zero-order chi connectivity index (χ0) is 36.4. The van der Waals surface area contributed by atoms with Crippen molar-refractivity contribution in [1.29, 1.82) is 0 Å². The standard InChI is InChI=1S/C15H17N.C9H17NO.C8H8FNO.C6H12S.C3H6O/c1-3-7-14(8-4-1)11-12-16-13-15-9-5-2-6-10-15;1-7-3-5-9(6-4-7)10-8(2)11;1-5-8(6(2)11)3-7(9)4-10-5;1-6-2-4-7-5-3-6;1-3(2)4/h1-10,16H,11-13H2;7,9H,3-6H2,1-2H3,(H,10,11);3-4H,1-2H3;6H,2-5H2,1H3;1-2H3. The normalized spacial score (nSPS) is 16.7. The van der Waals surface area contributed by atoms with Crippen LogP contribution in [-0.4, -0.2) is 46.5 Å². The van der Waals surface area contributed by atoms with E-state index >= 15 is 0 Å². The summed E-state index contributed by atoms with van der Waals surface area (Å²) in [5.41, 5.74) is 3.66. The van der Waals surface area contributed by atoms with Crippen molar-refractivity contribution in [2.75, 3.05) is 18.1 Å². The van der Waals surface area contributed by atoms with Crippen molar-refractivity contribution in [2.24, 2.45) is 11.8 Å². The lowest BCUT2D eigenvalue weighted by atomic mass is 9.87. The van der Waals surface area contributed by atoms with Gasteiger partial charge in [-0.05, 0) is 120 Å². The summed E-state index contributed by atoms with van der Waals surface area (Å²) in [7, 11) is 0. The molecule has 1 aromatic heterocycles. The number of aromatic nitrogens is 1. The number of Topliss-reactive ketones (excluding diaryl/α,β-unsaturated/α-hetero) is 2. The van der Waals surface area contributed by atoms with Crippen LogP contribution >= 0.6 is 11.8 Å². The van der Waals surface area contributed by atoms with E-state index in [4.69, 9.17) is 0 Å². The molecular formula is C41H60FN3O3S. The molecule has 49 heavy (non-hydrogen) atoms. The molecule has 5 rings (SSSR count). The largest absolute Gasteiger partial charge is 0.354 e. The Labute approximate surface area is 299 Å². The van der Waals surface area contributed by atoms with Gasteiger partial charge >= 0.3 is 0 Å². The number of halogens is 1. The highest BCUT2D eigenvalue weighted by Crippen LogP contribution is 2.23. The number of carbonyl (C=O) groups is 3. The molecule has 1 saturated heterocycles. The highest BCUT2D eigenvalue weighted by atomic mass is 32.2. The topological polar surface area (TPSA) is 88.2 Å². The van der Waals surface area contributed by atoms with Gasteiger partial charge in [0, 0.05) is 30.8 Å². The highest BCUT2D eigenvalue weighted by molar-refractivity contribution is 7.99. The molecule has 1 amide bonds. The number of ketones is 2. The van der Waals surface area contributed by atoms with Crippen LogP contribution in [0.1, 0.15) is 107 Å². The van der Waals surface area contributed by atoms with Crippen molar-refractivity contribution in [1.82, 2.24) is 15.6 Å². The minimum atomic E-state index is -0.471. The number of rotatable bonds is 7. The number of nitrogens with zero attached hydrogens (tertiary/aromatic N) is 1. The maximum absolute atomic E-state index is 12.5. The van der Waals surface area contributed by atoms with Crippen LogP contribution in [0.2, 0.25) is 0 Å². The predicted octanol–water partition coefficient (Wildman–Crippen LogP) is 9.20. The smallest absolute Gasteiger partial charge is 0.217 e. The Morgan fingerprint density at radius 2 is 1.31 bits per heavy atom. The fourth-order valence-electron chi connectivity index (χ4n) is 5.08. The van der Waals surface area contributed by atoms with E-state index in [0.29, 0.717) is 17.3 Å². The van der Waals surface area contributed by atoms with Crippen molar-refractivity contribution in [3.8, 4) is 0 Å². The van der Waals surface area contributed by atoms with E-state index in [2.05, 4.69) is 95.8 Å². The van der Waals surface area contributed by atoms with E-state index < -0.39 is 5.82 Å². The Kier molecular flexibility index (Phi) is 23.6. The van der Waals surface area contributed by atoms with Gasteiger partial charge in [0.15, 0.2) is 5.78 Å². The van der Waals surface area contributed by atoms with E-state index in [1.54, 1.807) is 13.8 Å². The van der Waals surface area contributed by atoms with Gasteiger partial charge in [0.25, 0.3) is 0 Å². The summed E-state index contributed by atoms with van der Waals surface area (Å²) in [5.74, 6) is 4.34. The Balaban J connectivity index is 0.000000325. The van der Waals surface area contributed by atoms with E-state index in [-0.39, 0.29) is 17.5 Å². The summed E-state index contributed by atoms with van der Waals surface area (Å²) in [6.07, 6.45) is 9.96. The van der Waals surface area contributed by atoms with E-state index in [0.717, 1.165) is 37.5 Å². The van der Waals surface area contributed by atoms with E-state index in [1.165, 1.54) is 88.0 Å². The number of aryl methyl sites for hydroxylation is 1. The monoisotopic (exact) mass is 693 g/mol. The molecule has 3 aromatic rings. The third-order valence-corrected chi connectivity index (χ3v) is 9.02. The van der Waals surface area contributed by atoms with Gasteiger partial charge in [0.05, 0.1) is 6.20 Å². The summed E-state index contributed by atoms with van der Waals surface area (Å²) < 4.78 is 12.5. The molecule has 0 radical (unpaired) electrons. The molecule has 2 aromatic carbocycles. The summed E-state index contributed by atoms with van der Waals surface area (Å²) >= 11 is 2.10. The molecule has 1 aliphatic carbocycles. The van der Waals surface area contributed by atoms with Gasteiger partial charge < -0.3 is 15.4 Å². The molecule has 2 N–H and O–H groups in total. The summed E-state index contributed by atoms with van der Waals surface area (Å²) in [6, 6.07) is 22.7. The average Bonchev–Trinajstić information content (AvgIpc) is 3.07. The quantitative estimate of drug-likeness (QED) is 0.190. The zero-order valence-electron chi connectivity index (χ0n) is 30.9. The number of amides is 1. The summed E-state index contributed by atoms with van der Waals surface area (Å²) in [6.45, 7) is 14.3. The summed E-state index contributed by atoms with van der Waals surface area (Å²) in [5, 5.41) is 6.41. The molecule has 8 heteroatoms. The van der Waals surface area contributed by atoms with Crippen molar-refractivity contribution < 1.29 is 18.8 Å². The van der Waals surface area contributed by atoms with E-state index in [9.17, 15) is 18.8 Å². The second kappa shape index (κ2) is 26.5. The van der Waals surface area contributed by atoms with Gasteiger partial charge in [-0.25, -0.2) is 4.39 Å². The van der Waals surface area contributed by atoms with Crippen LogP contribution in [0, 0.1) is 24.6 Å². The molecule has 0 unspecified atom stereocenters. The molecule has 2 fully saturated rings. The van der Waals surface area contributed by atoms with Crippen LogP contribution in [0.3, 0.4) is 0 Å². The lowest BCUT2D eigenvalue weighted by molar-refractivity contribution is -0.120. The fourth-order valence-corrected chi connectivity index (χ4v) is 6.42. The first-order valence-electron chi connectivity index (χ1n) is 17.6. The number of nitrogens with one attached hydrogen (secondary N) is 2. The molecule has 0 bridgehead atoms. The summed E-state index contributed by atoms with van der Waals surface area (Å²) in [4.78, 5) is 34.6. The minimum absolute atomic E-state index is 0.115. The highest BCUT2D eigenvalue weighted by Gasteiger charge is 2.18. The van der Waals surface area contributed by atoms with Crippen molar-refractivity contribution in [3.05, 3.63) is 101 Å². The first-order chi connectivity index (χ1) is 23.4. The van der Waals surface area contributed by atoms with E-state index in [1.807, 2.05) is 6.07 Å². The third kappa shape index (κ3) is 23.6. The first-order valence-corrected chi connectivity index (χ1v) is 18.8. The molecule has 1 aliphatic heterocycles. The average molecular weight is 694 g/mol. The van der Waals surface area contributed by atoms with Gasteiger partial charge in [-0.15, -0.1) is 0 Å². The second-order valence-corrected chi connectivity index (χ2v) is 14.3. The number of pyridine rings is 1. The Morgan fingerprint density at radius 3 is 1.76 bits per heavy atom. The van der Waals surface area contributed by atoms with Gasteiger partial charge in [0.2, 0.25) is 5.91 Å². The van der Waals surface area contributed by atoms with Crippen LogP contribution in [-0.2, 0) is 22.6 Å². The van der Waals surface area contributed by atoms with Crippen molar-refractivity contribution in [2.45, 2.75) is 106 Å². The number of hydrogen-bond donors (Lipinski definition) is 2. The number of thioether (sulfide) groups is 1. The van der Waals surface area contributed by atoms with Gasteiger partial charge in [0.1, 0.15) is 11.6 Å². The number of hydrogen-bond acceptors (Lipinski definition) is 6. The Hall–Kier alpha value is -3.36. The van der Waals surface area contributed by atoms with Crippen molar-refractivity contribution in [3.63, 3.8) is 0 Å². The van der Waals surface area contributed by atoms with Crippen molar-refractivity contribution >= 4 is 29.2 Å². The Bertz CT molecular complexity index is 1280. The Morgan fingerprint density at radius 1 is 0.796 bits per heavy atom. The van der Waals surface area contributed by atoms with Crippen LogP contribution < -0.4 is 10.6 Å². The maximum Gasteiger partial charge on any atom is 0.217 e.